The summed E-state index contributed by atoms with van der Waals surface area (Å²) in [7, 11) is 1.36. The van der Waals surface area contributed by atoms with Crippen molar-refractivity contribution in [3.05, 3.63) is 58.9 Å². The van der Waals surface area contributed by atoms with Crippen molar-refractivity contribution in [1.82, 2.24) is 4.98 Å². The number of rotatable bonds is 3. The van der Waals surface area contributed by atoms with Gasteiger partial charge in [-0.25, -0.2) is 4.79 Å². The lowest BCUT2D eigenvalue weighted by Crippen LogP contribution is -2.30. The number of amides is 1. The van der Waals surface area contributed by atoms with Gasteiger partial charge in [0.15, 0.2) is 0 Å². The van der Waals surface area contributed by atoms with E-state index in [9.17, 15) is 9.59 Å². The second-order valence-electron chi connectivity index (χ2n) is 5.62. The number of carbonyl (C=O) groups is 2. The summed E-state index contributed by atoms with van der Waals surface area (Å²) in [4.78, 5) is 30.1. The van der Waals surface area contributed by atoms with E-state index in [0.717, 1.165) is 28.9 Å². The van der Waals surface area contributed by atoms with Crippen LogP contribution in [-0.4, -0.2) is 30.5 Å². The molecule has 0 unspecified atom stereocenters. The molecule has 0 aliphatic carbocycles. The summed E-state index contributed by atoms with van der Waals surface area (Å²) in [5, 5.41) is 0. The number of aryl methyl sites for hydroxylation is 1. The van der Waals surface area contributed by atoms with Crippen LogP contribution >= 0.6 is 0 Å². The number of nitrogens with zero attached hydrogens (tertiary/aromatic N) is 2. The molecule has 1 aliphatic rings. The van der Waals surface area contributed by atoms with Crippen LogP contribution in [0.1, 0.15) is 27.2 Å². The van der Waals surface area contributed by atoms with E-state index in [0.29, 0.717) is 18.5 Å². The largest absolute Gasteiger partial charge is 0.465 e. The average Bonchev–Trinajstić information content (AvgIpc) is 2.99. The van der Waals surface area contributed by atoms with Gasteiger partial charge in [0.1, 0.15) is 0 Å². The number of pyridine rings is 1. The van der Waals surface area contributed by atoms with Crippen molar-refractivity contribution in [2.75, 3.05) is 18.6 Å². The molecule has 0 spiro atoms. The van der Waals surface area contributed by atoms with Gasteiger partial charge < -0.3 is 9.64 Å². The topological polar surface area (TPSA) is 59.5 Å². The monoisotopic (exact) mass is 310 g/mol. The van der Waals surface area contributed by atoms with Crippen LogP contribution in [0.25, 0.3) is 0 Å². The summed E-state index contributed by atoms with van der Waals surface area (Å²) >= 11 is 0. The molecule has 5 heteroatoms. The molecule has 3 rings (SSSR count). The highest BCUT2D eigenvalue weighted by atomic mass is 16.5. The number of hydrogen-bond donors (Lipinski definition) is 0. The lowest BCUT2D eigenvalue weighted by Gasteiger charge is -2.17. The highest BCUT2D eigenvalue weighted by Crippen LogP contribution is 2.29. The molecular formula is C18H18N2O3. The molecule has 5 nitrogen and oxygen atoms in total. The van der Waals surface area contributed by atoms with Crippen LogP contribution in [0.3, 0.4) is 0 Å². The SMILES string of the molecule is COC(=O)c1ccc2c(c1)CCN2C(=O)Cc1ccc(C)nc1. The van der Waals surface area contributed by atoms with E-state index in [1.165, 1.54) is 7.11 Å². The van der Waals surface area contributed by atoms with Crippen molar-refractivity contribution in [1.29, 1.82) is 0 Å². The molecule has 2 aromatic rings. The Morgan fingerprint density at radius 3 is 2.78 bits per heavy atom. The number of aromatic nitrogens is 1. The smallest absolute Gasteiger partial charge is 0.337 e. The van der Waals surface area contributed by atoms with Crippen molar-refractivity contribution in [3.8, 4) is 0 Å². The van der Waals surface area contributed by atoms with Crippen molar-refractivity contribution >= 4 is 17.6 Å². The summed E-state index contributed by atoms with van der Waals surface area (Å²) in [5.74, 6) is -0.316. The van der Waals surface area contributed by atoms with Crippen LogP contribution in [0.2, 0.25) is 0 Å². The van der Waals surface area contributed by atoms with Crippen molar-refractivity contribution < 1.29 is 14.3 Å². The van der Waals surface area contributed by atoms with Crippen molar-refractivity contribution in [2.24, 2.45) is 0 Å². The average molecular weight is 310 g/mol. The number of carbonyl (C=O) groups excluding carboxylic acids is 2. The molecule has 0 bridgehead atoms. The van der Waals surface area contributed by atoms with Gasteiger partial charge in [0.25, 0.3) is 0 Å². The fraction of sp³-hybridized carbons (Fsp3) is 0.278. The first-order chi connectivity index (χ1) is 11.1. The van der Waals surface area contributed by atoms with Gasteiger partial charge in [0, 0.05) is 24.1 Å². The maximum Gasteiger partial charge on any atom is 0.337 e. The Balaban J connectivity index is 1.77. The second-order valence-corrected chi connectivity index (χ2v) is 5.62. The van der Waals surface area contributed by atoms with Crippen molar-refractivity contribution in [3.63, 3.8) is 0 Å². The number of methoxy groups -OCH3 is 1. The second kappa shape index (κ2) is 6.20. The standard InChI is InChI=1S/C18H18N2O3/c1-12-3-4-13(11-19-12)9-17(21)20-8-7-14-10-15(18(22)23-2)5-6-16(14)20/h3-6,10-11H,7-9H2,1-2H3. The normalized spacial score (nSPS) is 12.9. The lowest BCUT2D eigenvalue weighted by molar-refractivity contribution is -0.117. The first-order valence-corrected chi connectivity index (χ1v) is 7.51. The Kier molecular flexibility index (Phi) is 4.10. The van der Waals surface area contributed by atoms with E-state index in [4.69, 9.17) is 4.74 Å². The summed E-state index contributed by atoms with van der Waals surface area (Å²) in [5.41, 5.74) is 4.23. The van der Waals surface area contributed by atoms with Gasteiger partial charge in [-0.05, 0) is 48.7 Å². The fourth-order valence-electron chi connectivity index (χ4n) is 2.78. The molecule has 1 aromatic heterocycles. The van der Waals surface area contributed by atoms with Crippen LogP contribution < -0.4 is 4.90 Å². The number of esters is 1. The molecule has 0 saturated carbocycles. The van der Waals surface area contributed by atoms with E-state index in [1.54, 1.807) is 17.2 Å². The number of fused-ring (bicyclic) bond motifs is 1. The Morgan fingerprint density at radius 2 is 2.09 bits per heavy atom. The predicted octanol–water partition coefficient (Wildman–Crippen LogP) is 2.31. The van der Waals surface area contributed by atoms with Gasteiger partial charge in [-0.1, -0.05) is 6.07 Å². The molecular weight excluding hydrogens is 292 g/mol. The van der Waals surface area contributed by atoms with Crippen LogP contribution in [-0.2, 0) is 22.4 Å². The van der Waals surface area contributed by atoms with Gasteiger partial charge in [-0.3, -0.25) is 9.78 Å². The molecule has 1 amide bonds. The first-order valence-electron chi connectivity index (χ1n) is 7.51. The van der Waals surface area contributed by atoms with Gasteiger partial charge >= 0.3 is 5.97 Å². The highest BCUT2D eigenvalue weighted by molar-refractivity contribution is 5.98. The zero-order chi connectivity index (χ0) is 16.4. The molecule has 0 fully saturated rings. The van der Waals surface area contributed by atoms with Gasteiger partial charge in [-0.2, -0.15) is 0 Å². The molecule has 1 aromatic carbocycles. The van der Waals surface area contributed by atoms with E-state index in [-0.39, 0.29) is 11.9 Å². The lowest BCUT2D eigenvalue weighted by atomic mass is 10.1. The third kappa shape index (κ3) is 3.08. The number of ether oxygens (including phenoxy) is 1. The molecule has 1 aliphatic heterocycles. The maximum absolute atomic E-state index is 12.5. The molecule has 118 valence electrons. The van der Waals surface area contributed by atoms with Gasteiger partial charge in [0.05, 0.1) is 19.1 Å². The molecule has 0 atom stereocenters. The number of hydrogen-bond acceptors (Lipinski definition) is 4. The molecule has 0 radical (unpaired) electrons. The van der Waals surface area contributed by atoms with E-state index in [1.807, 2.05) is 31.2 Å². The minimum absolute atomic E-state index is 0.0419. The summed E-state index contributed by atoms with van der Waals surface area (Å²) in [6, 6.07) is 9.16. The number of anilines is 1. The van der Waals surface area contributed by atoms with Gasteiger partial charge in [0.2, 0.25) is 5.91 Å². The zero-order valence-corrected chi connectivity index (χ0v) is 13.2. The Labute approximate surface area is 134 Å². The maximum atomic E-state index is 12.5. The summed E-state index contributed by atoms with van der Waals surface area (Å²) in [6.45, 7) is 2.55. The quantitative estimate of drug-likeness (QED) is 0.816. The minimum atomic E-state index is -0.358. The predicted molar refractivity (Wildman–Crippen MR) is 86.5 cm³/mol. The minimum Gasteiger partial charge on any atom is -0.465 e. The summed E-state index contributed by atoms with van der Waals surface area (Å²) < 4.78 is 4.73. The van der Waals surface area contributed by atoms with Crippen molar-refractivity contribution in [2.45, 2.75) is 19.8 Å². The highest BCUT2D eigenvalue weighted by Gasteiger charge is 2.25. The molecule has 0 saturated heterocycles. The molecule has 0 N–H and O–H groups in total. The zero-order valence-electron chi connectivity index (χ0n) is 13.2. The third-order valence-electron chi connectivity index (χ3n) is 4.03. The Morgan fingerprint density at radius 1 is 1.26 bits per heavy atom. The Hall–Kier alpha value is -2.69. The van der Waals surface area contributed by atoms with Crippen LogP contribution in [0.15, 0.2) is 36.5 Å². The first kappa shape index (κ1) is 15.2. The summed E-state index contributed by atoms with van der Waals surface area (Å²) in [6.07, 6.45) is 2.81. The van der Waals surface area contributed by atoms with Crippen LogP contribution in [0.5, 0.6) is 0 Å². The van der Waals surface area contributed by atoms with E-state index in [2.05, 4.69) is 4.98 Å². The molecule has 23 heavy (non-hydrogen) atoms. The Bertz CT molecular complexity index is 753. The van der Waals surface area contributed by atoms with Crippen LogP contribution in [0, 0.1) is 6.92 Å². The number of benzene rings is 1. The fourth-order valence-corrected chi connectivity index (χ4v) is 2.78. The van der Waals surface area contributed by atoms with Gasteiger partial charge in [-0.15, -0.1) is 0 Å². The van der Waals surface area contributed by atoms with Crippen LogP contribution in [0.4, 0.5) is 5.69 Å². The molecule has 2 heterocycles. The third-order valence-corrected chi connectivity index (χ3v) is 4.03. The van der Waals surface area contributed by atoms with E-state index < -0.39 is 0 Å². The van der Waals surface area contributed by atoms with E-state index >= 15 is 0 Å².